The van der Waals surface area contributed by atoms with Crippen LogP contribution in [0.5, 0.6) is 5.75 Å². The molecule has 0 saturated carbocycles. The molecule has 23 heavy (non-hydrogen) atoms. The van der Waals surface area contributed by atoms with Crippen LogP contribution in [0.15, 0.2) is 53.3 Å². The average molecular weight is 311 g/mol. The molecular weight excluding hydrogens is 298 g/mol. The summed E-state index contributed by atoms with van der Waals surface area (Å²) >= 11 is 0. The zero-order valence-corrected chi connectivity index (χ0v) is 12.3. The van der Waals surface area contributed by atoms with Crippen LogP contribution in [0.2, 0.25) is 0 Å². The van der Waals surface area contributed by atoms with Crippen molar-refractivity contribution in [2.24, 2.45) is 0 Å². The number of hydrogen-bond acceptors (Lipinski definition) is 7. The monoisotopic (exact) mass is 311 g/mol. The summed E-state index contributed by atoms with van der Waals surface area (Å²) in [5.74, 6) is 0.904. The lowest BCUT2D eigenvalue weighted by Gasteiger charge is -2.00. The second-order valence-electron chi connectivity index (χ2n) is 4.55. The number of aromatic nitrogens is 3. The van der Waals surface area contributed by atoms with Gasteiger partial charge in [0.05, 0.1) is 12.7 Å². The fraction of sp³-hybridized carbons (Fsp3) is 0.125. The van der Waals surface area contributed by atoms with Crippen LogP contribution in [0, 0.1) is 0 Å². The van der Waals surface area contributed by atoms with Crippen molar-refractivity contribution >= 4 is 5.97 Å². The molecule has 2 aromatic heterocycles. The molecule has 0 radical (unpaired) electrons. The van der Waals surface area contributed by atoms with Gasteiger partial charge in [-0.05, 0) is 36.4 Å². The van der Waals surface area contributed by atoms with Crippen molar-refractivity contribution in [2.45, 2.75) is 6.61 Å². The normalized spacial score (nSPS) is 10.3. The predicted molar refractivity (Wildman–Crippen MR) is 79.6 cm³/mol. The van der Waals surface area contributed by atoms with Crippen LogP contribution in [0.4, 0.5) is 0 Å². The molecule has 0 aliphatic rings. The fourth-order valence-corrected chi connectivity index (χ4v) is 1.87. The van der Waals surface area contributed by atoms with Gasteiger partial charge in [-0.1, -0.05) is 5.16 Å². The number of benzene rings is 1. The molecule has 0 aliphatic carbocycles. The Morgan fingerprint density at radius 3 is 2.57 bits per heavy atom. The molecule has 0 N–H and O–H groups in total. The summed E-state index contributed by atoms with van der Waals surface area (Å²) in [6.07, 6.45) is 3.04. The number of nitrogens with zero attached hydrogens (tertiary/aromatic N) is 3. The Balaban J connectivity index is 1.64. The van der Waals surface area contributed by atoms with Crippen molar-refractivity contribution in [3.8, 4) is 17.1 Å². The van der Waals surface area contributed by atoms with Crippen LogP contribution in [0.25, 0.3) is 11.4 Å². The van der Waals surface area contributed by atoms with Crippen molar-refractivity contribution in [1.82, 2.24) is 15.1 Å². The first-order valence-corrected chi connectivity index (χ1v) is 6.80. The second kappa shape index (κ2) is 6.69. The number of pyridine rings is 1. The van der Waals surface area contributed by atoms with Crippen LogP contribution >= 0.6 is 0 Å². The van der Waals surface area contributed by atoms with Crippen molar-refractivity contribution < 1.29 is 18.8 Å². The number of ether oxygens (including phenoxy) is 2. The molecule has 3 rings (SSSR count). The van der Waals surface area contributed by atoms with Crippen molar-refractivity contribution in [1.29, 1.82) is 0 Å². The molecule has 3 aromatic rings. The van der Waals surface area contributed by atoms with Crippen LogP contribution in [-0.2, 0) is 11.3 Å². The molecule has 0 amide bonds. The summed E-state index contributed by atoms with van der Waals surface area (Å²) in [4.78, 5) is 19.8. The van der Waals surface area contributed by atoms with E-state index in [4.69, 9.17) is 14.0 Å². The van der Waals surface area contributed by atoms with Gasteiger partial charge in [-0.3, -0.25) is 4.98 Å². The highest BCUT2D eigenvalue weighted by atomic mass is 16.6. The third-order valence-electron chi connectivity index (χ3n) is 3.06. The smallest absolute Gasteiger partial charge is 0.338 e. The van der Waals surface area contributed by atoms with Crippen molar-refractivity contribution in [2.75, 3.05) is 7.11 Å². The van der Waals surface area contributed by atoms with E-state index in [2.05, 4.69) is 15.1 Å². The van der Waals surface area contributed by atoms with E-state index in [0.717, 1.165) is 11.3 Å². The Kier molecular flexibility index (Phi) is 4.28. The van der Waals surface area contributed by atoms with Gasteiger partial charge in [0, 0.05) is 18.0 Å². The molecule has 7 heteroatoms. The predicted octanol–water partition coefficient (Wildman–Crippen LogP) is 2.50. The molecule has 1 aromatic carbocycles. The Morgan fingerprint density at radius 1 is 1.13 bits per heavy atom. The first kappa shape index (κ1) is 14.7. The number of rotatable bonds is 5. The molecule has 7 nitrogen and oxygen atoms in total. The van der Waals surface area contributed by atoms with Crippen molar-refractivity contribution in [3.05, 3.63) is 60.2 Å². The van der Waals surface area contributed by atoms with Gasteiger partial charge in [-0.15, -0.1) is 0 Å². The Hall–Kier alpha value is -3.22. The van der Waals surface area contributed by atoms with E-state index < -0.39 is 5.97 Å². The Labute approximate surface area is 131 Å². The van der Waals surface area contributed by atoms with Gasteiger partial charge in [0.25, 0.3) is 5.89 Å². The molecular formula is C16H13N3O4. The first-order valence-electron chi connectivity index (χ1n) is 6.80. The number of carbonyl (C=O) groups excluding carboxylic acids is 1. The highest BCUT2D eigenvalue weighted by Gasteiger charge is 2.12. The van der Waals surface area contributed by atoms with Gasteiger partial charge in [0.15, 0.2) is 6.61 Å². The summed E-state index contributed by atoms with van der Waals surface area (Å²) in [6.45, 7) is -0.0929. The summed E-state index contributed by atoms with van der Waals surface area (Å²) in [6, 6.07) is 10.4. The number of methoxy groups -OCH3 is 1. The lowest BCUT2D eigenvalue weighted by atomic mass is 10.2. The molecule has 0 aliphatic heterocycles. The van der Waals surface area contributed by atoms with Gasteiger partial charge in [0.1, 0.15) is 5.75 Å². The Bertz CT molecular complexity index is 785. The first-order chi connectivity index (χ1) is 11.3. The summed E-state index contributed by atoms with van der Waals surface area (Å²) < 4.78 is 15.3. The van der Waals surface area contributed by atoms with E-state index in [1.54, 1.807) is 31.4 Å². The fourth-order valence-electron chi connectivity index (χ4n) is 1.87. The van der Waals surface area contributed by atoms with E-state index >= 15 is 0 Å². The van der Waals surface area contributed by atoms with Gasteiger partial charge < -0.3 is 14.0 Å². The maximum Gasteiger partial charge on any atom is 0.338 e. The molecule has 0 atom stereocenters. The van der Waals surface area contributed by atoms with E-state index in [-0.39, 0.29) is 12.5 Å². The number of hydrogen-bond donors (Lipinski definition) is 0. The molecule has 2 heterocycles. The maximum atomic E-state index is 11.8. The molecule has 0 bridgehead atoms. The van der Waals surface area contributed by atoms with Crippen LogP contribution in [0.1, 0.15) is 16.2 Å². The quantitative estimate of drug-likeness (QED) is 0.669. The molecule has 0 fully saturated rings. The van der Waals surface area contributed by atoms with Gasteiger partial charge in [0.2, 0.25) is 5.82 Å². The van der Waals surface area contributed by atoms with Crippen LogP contribution in [0.3, 0.4) is 0 Å². The van der Waals surface area contributed by atoms with E-state index in [1.165, 1.54) is 12.4 Å². The zero-order valence-electron chi connectivity index (χ0n) is 12.3. The van der Waals surface area contributed by atoms with Crippen LogP contribution < -0.4 is 4.74 Å². The minimum Gasteiger partial charge on any atom is -0.497 e. The average Bonchev–Trinajstić information content (AvgIpc) is 3.09. The molecule has 116 valence electrons. The van der Waals surface area contributed by atoms with E-state index in [9.17, 15) is 4.79 Å². The van der Waals surface area contributed by atoms with Gasteiger partial charge >= 0.3 is 5.97 Å². The minimum absolute atomic E-state index is 0.0929. The lowest BCUT2D eigenvalue weighted by molar-refractivity contribution is 0.0429. The molecule has 0 unspecified atom stereocenters. The van der Waals surface area contributed by atoms with Gasteiger partial charge in [-0.25, -0.2) is 4.79 Å². The molecule has 0 saturated heterocycles. The summed E-state index contributed by atoms with van der Waals surface area (Å²) in [5.41, 5.74) is 1.19. The summed E-state index contributed by atoms with van der Waals surface area (Å²) in [7, 11) is 1.60. The summed E-state index contributed by atoms with van der Waals surface area (Å²) in [5, 5.41) is 3.86. The standard InChI is InChI=1S/C16H13N3O4/c1-21-13-4-2-11(3-5-13)15-18-14(23-19-15)10-22-16(20)12-6-8-17-9-7-12/h2-9H,10H2,1H3. The molecule has 0 spiro atoms. The van der Waals surface area contributed by atoms with E-state index in [0.29, 0.717) is 11.4 Å². The second-order valence-corrected chi connectivity index (χ2v) is 4.55. The highest BCUT2D eigenvalue weighted by Crippen LogP contribution is 2.19. The van der Waals surface area contributed by atoms with Gasteiger partial charge in [-0.2, -0.15) is 4.98 Å². The minimum atomic E-state index is -0.475. The number of carbonyl (C=O) groups is 1. The van der Waals surface area contributed by atoms with Crippen LogP contribution in [-0.4, -0.2) is 28.2 Å². The SMILES string of the molecule is COc1ccc(-c2noc(COC(=O)c3ccncc3)n2)cc1. The lowest BCUT2D eigenvalue weighted by Crippen LogP contribution is -2.05. The topological polar surface area (TPSA) is 87.3 Å². The third kappa shape index (κ3) is 3.52. The number of esters is 1. The van der Waals surface area contributed by atoms with Crippen molar-refractivity contribution in [3.63, 3.8) is 0 Å². The third-order valence-corrected chi connectivity index (χ3v) is 3.06. The van der Waals surface area contributed by atoms with E-state index in [1.807, 2.05) is 12.1 Å². The largest absolute Gasteiger partial charge is 0.497 e. The maximum absolute atomic E-state index is 11.8. The zero-order chi connectivity index (χ0) is 16.1. The Morgan fingerprint density at radius 2 is 1.87 bits per heavy atom. The highest BCUT2D eigenvalue weighted by molar-refractivity contribution is 5.89.